The van der Waals surface area contributed by atoms with Crippen LogP contribution in [0.4, 0.5) is 0 Å². The highest BCUT2D eigenvalue weighted by Gasteiger charge is 2.36. The standard InChI is InChI=1S/C13H17NO4S/c1-8-3-4-9(2)10(5-8)11-6-19(17,18)7-12(14-11)13(15)16/h3-5,11-12,14H,6-7H2,1-2H3,(H,15,16). The Morgan fingerprint density at radius 2 is 2.00 bits per heavy atom. The first kappa shape index (κ1) is 14.0. The van der Waals surface area contributed by atoms with Gasteiger partial charge in [-0.1, -0.05) is 23.8 Å². The predicted molar refractivity (Wildman–Crippen MR) is 71.9 cm³/mol. The fourth-order valence-electron chi connectivity index (χ4n) is 2.37. The zero-order chi connectivity index (χ0) is 14.2. The van der Waals surface area contributed by atoms with Gasteiger partial charge in [0.1, 0.15) is 6.04 Å². The van der Waals surface area contributed by atoms with E-state index in [1.54, 1.807) is 0 Å². The second-order valence-corrected chi connectivity index (χ2v) is 7.20. The fraction of sp³-hybridized carbons (Fsp3) is 0.462. The number of carboxylic acids is 1. The van der Waals surface area contributed by atoms with E-state index in [0.29, 0.717) is 0 Å². The Balaban J connectivity index is 2.38. The van der Waals surface area contributed by atoms with Crippen molar-refractivity contribution in [3.8, 4) is 0 Å². The lowest BCUT2D eigenvalue weighted by atomic mass is 9.99. The first-order valence-corrected chi connectivity index (χ1v) is 7.87. The van der Waals surface area contributed by atoms with Crippen molar-refractivity contribution < 1.29 is 18.3 Å². The van der Waals surface area contributed by atoms with Gasteiger partial charge in [0.05, 0.1) is 11.5 Å². The molecule has 0 saturated carbocycles. The van der Waals surface area contributed by atoms with E-state index in [1.165, 1.54) is 0 Å². The van der Waals surface area contributed by atoms with E-state index in [4.69, 9.17) is 5.11 Å². The summed E-state index contributed by atoms with van der Waals surface area (Å²) >= 11 is 0. The van der Waals surface area contributed by atoms with Crippen molar-refractivity contribution in [3.63, 3.8) is 0 Å². The number of rotatable bonds is 2. The molecule has 0 radical (unpaired) electrons. The molecule has 0 amide bonds. The predicted octanol–water partition coefficient (Wildman–Crippen LogP) is 0.816. The highest BCUT2D eigenvalue weighted by molar-refractivity contribution is 7.91. The van der Waals surface area contributed by atoms with E-state index in [2.05, 4.69) is 5.32 Å². The number of sulfone groups is 1. The summed E-state index contributed by atoms with van der Waals surface area (Å²) in [6.45, 7) is 3.82. The molecule has 2 unspecified atom stereocenters. The van der Waals surface area contributed by atoms with Gasteiger partial charge in [0.15, 0.2) is 9.84 Å². The van der Waals surface area contributed by atoms with Crippen LogP contribution in [0.2, 0.25) is 0 Å². The SMILES string of the molecule is Cc1ccc(C)c(C2CS(=O)(=O)CC(C(=O)O)N2)c1. The summed E-state index contributed by atoms with van der Waals surface area (Å²) in [4.78, 5) is 11.0. The molecule has 19 heavy (non-hydrogen) atoms. The van der Waals surface area contributed by atoms with Crippen molar-refractivity contribution >= 4 is 15.8 Å². The Hall–Kier alpha value is -1.40. The highest BCUT2D eigenvalue weighted by atomic mass is 32.2. The Labute approximate surface area is 112 Å². The van der Waals surface area contributed by atoms with Crippen molar-refractivity contribution in [3.05, 3.63) is 34.9 Å². The van der Waals surface area contributed by atoms with E-state index in [9.17, 15) is 13.2 Å². The van der Waals surface area contributed by atoms with E-state index in [-0.39, 0.29) is 11.5 Å². The van der Waals surface area contributed by atoms with E-state index in [1.807, 2.05) is 32.0 Å². The molecule has 2 N–H and O–H groups in total. The van der Waals surface area contributed by atoms with E-state index >= 15 is 0 Å². The van der Waals surface area contributed by atoms with Crippen molar-refractivity contribution in [2.24, 2.45) is 0 Å². The number of nitrogens with one attached hydrogen (secondary N) is 1. The lowest BCUT2D eigenvalue weighted by Crippen LogP contribution is -2.51. The van der Waals surface area contributed by atoms with Crippen LogP contribution in [0.25, 0.3) is 0 Å². The topological polar surface area (TPSA) is 83.5 Å². The summed E-state index contributed by atoms with van der Waals surface area (Å²) < 4.78 is 23.7. The van der Waals surface area contributed by atoms with Crippen molar-refractivity contribution in [2.75, 3.05) is 11.5 Å². The Morgan fingerprint density at radius 1 is 1.32 bits per heavy atom. The van der Waals surface area contributed by atoms with Crippen LogP contribution in [0, 0.1) is 13.8 Å². The molecule has 0 bridgehead atoms. The largest absolute Gasteiger partial charge is 0.480 e. The number of hydrogen-bond acceptors (Lipinski definition) is 4. The third kappa shape index (κ3) is 3.13. The van der Waals surface area contributed by atoms with Crippen LogP contribution in [0.5, 0.6) is 0 Å². The molecular formula is C13H17NO4S. The van der Waals surface area contributed by atoms with E-state index in [0.717, 1.165) is 16.7 Å². The molecule has 1 saturated heterocycles. The summed E-state index contributed by atoms with van der Waals surface area (Å²) in [5.41, 5.74) is 2.84. The van der Waals surface area contributed by atoms with Crippen LogP contribution in [-0.4, -0.2) is 37.0 Å². The number of aliphatic carboxylic acids is 1. The molecule has 1 heterocycles. The summed E-state index contributed by atoms with van der Waals surface area (Å²) in [6.07, 6.45) is 0. The highest BCUT2D eigenvalue weighted by Crippen LogP contribution is 2.25. The zero-order valence-electron chi connectivity index (χ0n) is 10.9. The van der Waals surface area contributed by atoms with Crippen LogP contribution >= 0.6 is 0 Å². The van der Waals surface area contributed by atoms with Crippen molar-refractivity contribution in [1.29, 1.82) is 0 Å². The fourth-order valence-corrected chi connectivity index (χ4v) is 4.04. The number of carboxylic acid groups (broad SMARTS) is 1. The average molecular weight is 283 g/mol. The van der Waals surface area contributed by atoms with Crippen LogP contribution in [-0.2, 0) is 14.6 Å². The van der Waals surface area contributed by atoms with Crippen molar-refractivity contribution in [1.82, 2.24) is 5.32 Å². The lowest BCUT2D eigenvalue weighted by Gasteiger charge is -2.30. The molecular weight excluding hydrogens is 266 g/mol. The monoisotopic (exact) mass is 283 g/mol. The van der Waals surface area contributed by atoms with Gasteiger partial charge in [0.25, 0.3) is 0 Å². The second kappa shape index (κ2) is 4.94. The number of benzene rings is 1. The smallest absolute Gasteiger partial charge is 0.321 e. The summed E-state index contributed by atoms with van der Waals surface area (Å²) in [7, 11) is -3.35. The molecule has 2 atom stereocenters. The molecule has 2 rings (SSSR count). The normalized spacial score (nSPS) is 26.0. The van der Waals surface area contributed by atoms with Gasteiger partial charge >= 0.3 is 5.97 Å². The first-order chi connectivity index (χ1) is 8.78. The minimum Gasteiger partial charge on any atom is -0.480 e. The minimum atomic E-state index is -3.35. The molecule has 1 aromatic carbocycles. The van der Waals surface area contributed by atoms with Gasteiger partial charge in [-0.3, -0.25) is 10.1 Å². The molecule has 104 valence electrons. The Morgan fingerprint density at radius 3 is 2.63 bits per heavy atom. The second-order valence-electron chi connectivity index (χ2n) is 5.05. The maximum absolute atomic E-state index is 11.8. The third-order valence-corrected chi connectivity index (χ3v) is 5.03. The molecule has 0 spiro atoms. The van der Waals surface area contributed by atoms with Gasteiger partial charge in [-0.05, 0) is 25.0 Å². The quantitative estimate of drug-likeness (QED) is 0.839. The summed E-state index contributed by atoms with van der Waals surface area (Å²) in [6, 6.07) is 4.28. The Kier molecular flexibility index (Phi) is 3.64. The number of hydrogen-bond donors (Lipinski definition) is 2. The molecule has 6 heteroatoms. The lowest BCUT2D eigenvalue weighted by molar-refractivity contribution is -0.139. The van der Waals surface area contributed by atoms with Crippen LogP contribution in [0.3, 0.4) is 0 Å². The molecule has 0 aromatic heterocycles. The van der Waals surface area contributed by atoms with Crippen LogP contribution < -0.4 is 5.32 Å². The molecule has 1 aliphatic rings. The van der Waals surface area contributed by atoms with Crippen LogP contribution in [0.15, 0.2) is 18.2 Å². The molecule has 1 aromatic rings. The van der Waals surface area contributed by atoms with Gasteiger partial charge in [0.2, 0.25) is 0 Å². The number of carbonyl (C=O) groups is 1. The first-order valence-electron chi connectivity index (χ1n) is 6.05. The molecule has 1 fully saturated rings. The van der Waals surface area contributed by atoms with Crippen LogP contribution in [0.1, 0.15) is 22.7 Å². The van der Waals surface area contributed by atoms with Gasteiger partial charge in [0, 0.05) is 6.04 Å². The molecule has 5 nitrogen and oxygen atoms in total. The number of aryl methyl sites for hydroxylation is 2. The molecule has 1 aliphatic heterocycles. The average Bonchev–Trinajstić information content (AvgIpc) is 2.30. The van der Waals surface area contributed by atoms with Gasteiger partial charge in [-0.15, -0.1) is 0 Å². The summed E-state index contributed by atoms with van der Waals surface area (Å²) in [5.74, 6) is -1.52. The van der Waals surface area contributed by atoms with Crippen molar-refractivity contribution in [2.45, 2.75) is 25.9 Å². The van der Waals surface area contributed by atoms with Gasteiger partial charge in [-0.2, -0.15) is 0 Å². The van der Waals surface area contributed by atoms with Gasteiger partial charge in [-0.25, -0.2) is 8.42 Å². The third-order valence-electron chi connectivity index (χ3n) is 3.35. The Bertz CT molecular complexity index is 609. The van der Waals surface area contributed by atoms with E-state index < -0.39 is 27.9 Å². The molecule has 0 aliphatic carbocycles. The van der Waals surface area contributed by atoms with Gasteiger partial charge < -0.3 is 5.11 Å². The maximum atomic E-state index is 11.8. The maximum Gasteiger partial charge on any atom is 0.321 e. The zero-order valence-corrected chi connectivity index (χ0v) is 11.7. The minimum absolute atomic E-state index is 0.0545. The summed E-state index contributed by atoms with van der Waals surface area (Å²) in [5, 5.41) is 11.9.